The smallest absolute Gasteiger partial charge is 0.340 e. The molecule has 6 heteroatoms. The van der Waals surface area contributed by atoms with Crippen molar-refractivity contribution in [1.29, 1.82) is 0 Å². The highest BCUT2D eigenvalue weighted by molar-refractivity contribution is 6.57. The average Bonchev–Trinajstić information content (AvgIpc) is 2.63. The number of hydrogen-bond donors (Lipinski definition) is 2. The van der Waals surface area contributed by atoms with Gasteiger partial charge in [0, 0.05) is 11.1 Å². The SMILES string of the molecule is CCCNC(CCCCCCCCCC(Cl)(Cl)C(=O)O)c1ccc(Cl)cc1. The van der Waals surface area contributed by atoms with Crippen LogP contribution in [0, 0.1) is 0 Å². The summed E-state index contributed by atoms with van der Waals surface area (Å²) in [7, 11) is 0. The predicted molar refractivity (Wildman–Crippen MR) is 116 cm³/mol. The van der Waals surface area contributed by atoms with Gasteiger partial charge in [-0.15, -0.1) is 0 Å². The molecule has 0 saturated heterocycles. The van der Waals surface area contributed by atoms with Crippen molar-refractivity contribution in [2.45, 2.75) is 81.5 Å². The largest absolute Gasteiger partial charge is 0.479 e. The van der Waals surface area contributed by atoms with Gasteiger partial charge >= 0.3 is 5.97 Å². The van der Waals surface area contributed by atoms with E-state index < -0.39 is 10.3 Å². The predicted octanol–water partition coefficient (Wildman–Crippen LogP) is 7.15. The summed E-state index contributed by atoms with van der Waals surface area (Å²) < 4.78 is -1.64. The first-order valence-corrected chi connectivity index (χ1v) is 11.1. The van der Waals surface area contributed by atoms with Crippen molar-refractivity contribution < 1.29 is 9.90 Å². The van der Waals surface area contributed by atoms with E-state index in [1.165, 1.54) is 31.2 Å². The Hall–Kier alpha value is -0.480. The number of alkyl halides is 2. The van der Waals surface area contributed by atoms with Gasteiger partial charge in [-0.1, -0.05) is 92.4 Å². The van der Waals surface area contributed by atoms with E-state index in [2.05, 4.69) is 24.4 Å². The topological polar surface area (TPSA) is 49.3 Å². The van der Waals surface area contributed by atoms with Crippen LogP contribution in [0.15, 0.2) is 24.3 Å². The fourth-order valence-electron chi connectivity index (χ4n) is 3.09. The van der Waals surface area contributed by atoms with Crippen LogP contribution in [0.25, 0.3) is 0 Å². The number of nitrogens with one attached hydrogen (secondary N) is 1. The second kappa shape index (κ2) is 13.7. The maximum absolute atomic E-state index is 10.8. The van der Waals surface area contributed by atoms with Crippen LogP contribution < -0.4 is 5.32 Å². The zero-order valence-corrected chi connectivity index (χ0v) is 18.4. The molecule has 0 fully saturated rings. The van der Waals surface area contributed by atoms with Crippen LogP contribution in [-0.2, 0) is 4.79 Å². The van der Waals surface area contributed by atoms with Crippen LogP contribution >= 0.6 is 34.8 Å². The highest BCUT2D eigenvalue weighted by Gasteiger charge is 2.32. The van der Waals surface area contributed by atoms with E-state index in [0.29, 0.717) is 12.5 Å². The molecule has 0 bridgehead atoms. The van der Waals surface area contributed by atoms with Crippen molar-refractivity contribution in [2.75, 3.05) is 6.54 Å². The molecule has 2 N–H and O–H groups in total. The summed E-state index contributed by atoms with van der Waals surface area (Å²) in [6.07, 6.45) is 10.1. The molecule has 154 valence electrons. The number of aliphatic carboxylic acids is 1. The number of carboxylic acids is 1. The fraction of sp³-hybridized carbons (Fsp3) is 0.667. The molecule has 0 aliphatic heterocycles. The van der Waals surface area contributed by atoms with Crippen LogP contribution in [0.3, 0.4) is 0 Å². The molecule has 0 spiro atoms. The zero-order valence-electron chi connectivity index (χ0n) is 16.2. The van der Waals surface area contributed by atoms with Crippen molar-refractivity contribution in [1.82, 2.24) is 5.32 Å². The van der Waals surface area contributed by atoms with Crippen LogP contribution in [0.2, 0.25) is 5.02 Å². The van der Waals surface area contributed by atoms with Gasteiger partial charge in [-0.2, -0.15) is 0 Å². The van der Waals surface area contributed by atoms with Gasteiger partial charge in [0.25, 0.3) is 0 Å². The van der Waals surface area contributed by atoms with E-state index in [1.807, 2.05) is 12.1 Å². The summed E-state index contributed by atoms with van der Waals surface area (Å²) >= 11 is 17.5. The molecule has 1 unspecified atom stereocenters. The minimum Gasteiger partial charge on any atom is -0.479 e. The van der Waals surface area contributed by atoms with Crippen molar-refractivity contribution in [3.63, 3.8) is 0 Å². The number of carboxylic acid groups (broad SMARTS) is 1. The third-order valence-electron chi connectivity index (χ3n) is 4.71. The highest BCUT2D eigenvalue weighted by Crippen LogP contribution is 2.28. The molecule has 0 aliphatic carbocycles. The van der Waals surface area contributed by atoms with E-state index in [4.69, 9.17) is 39.9 Å². The quantitative estimate of drug-likeness (QED) is 0.227. The first-order chi connectivity index (χ1) is 12.9. The molecule has 0 saturated carbocycles. The summed E-state index contributed by atoms with van der Waals surface area (Å²) in [6.45, 7) is 3.20. The zero-order chi connectivity index (χ0) is 20.1. The number of carbonyl (C=O) groups is 1. The summed E-state index contributed by atoms with van der Waals surface area (Å²) in [5.41, 5.74) is 1.30. The van der Waals surface area contributed by atoms with Gasteiger partial charge in [0.05, 0.1) is 0 Å². The second-order valence-electron chi connectivity index (χ2n) is 7.08. The Morgan fingerprint density at radius 2 is 1.59 bits per heavy atom. The third-order valence-corrected chi connectivity index (χ3v) is 5.66. The van der Waals surface area contributed by atoms with Gasteiger partial charge in [0.15, 0.2) is 0 Å². The lowest BCUT2D eigenvalue weighted by Crippen LogP contribution is -2.25. The first kappa shape index (κ1) is 24.6. The lowest BCUT2D eigenvalue weighted by Gasteiger charge is -2.19. The van der Waals surface area contributed by atoms with Gasteiger partial charge in [-0.05, 0) is 49.9 Å². The molecule has 1 aromatic rings. The van der Waals surface area contributed by atoms with E-state index in [9.17, 15) is 4.79 Å². The van der Waals surface area contributed by atoms with E-state index in [0.717, 1.165) is 43.7 Å². The molecular weight excluding hydrogens is 405 g/mol. The lowest BCUT2D eigenvalue weighted by atomic mass is 9.99. The highest BCUT2D eigenvalue weighted by atomic mass is 35.5. The van der Waals surface area contributed by atoms with Crippen molar-refractivity contribution in [2.24, 2.45) is 0 Å². The maximum atomic E-state index is 10.8. The molecule has 1 rings (SSSR count). The van der Waals surface area contributed by atoms with Crippen LogP contribution in [0.5, 0.6) is 0 Å². The first-order valence-electron chi connectivity index (χ1n) is 9.97. The molecule has 0 radical (unpaired) electrons. The Balaban J connectivity index is 2.17. The average molecular weight is 437 g/mol. The molecule has 0 heterocycles. The number of halogens is 3. The molecular formula is C21H32Cl3NO2. The van der Waals surface area contributed by atoms with E-state index >= 15 is 0 Å². The van der Waals surface area contributed by atoms with Crippen LogP contribution in [0.1, 0.15) is 82.7 Å². The molecule has 1 atom stereocenters. The fourth-order valence-corrected chi connectivity index (χ4v) is 3.48. The normalized spacial score (nSPS) is 12.9. The van der Waals surface area contributed by atoms with Crippen molar-refractivity contribution in [3.05, 3.63) is 34.9 Å². The Kier molecular flexibility index (Phi) is 12.4. The Labute approximate surface area is 178 Å². The summed E-state index contributed by atoms with van der Waals surface area (Å²) in [6, 6.07) is 8.52. The van der Waals surface area contributed by atoms with E-state index in [-0.39, 0.29) is 0 Å². The summed E-state index contributed by atoms with van der Waals surface area (Å²) in [5.74, 6) is -1.15. The van der Waals surface area contributed by atoms with Crippen molar-refractivity contribution in [3.8, 4) is 0 Å². The molecule has 0 aromatic heterocycles. The molecule has 0 aliphatic rings. The number of unbranched alkanes of at least 4 members (excludes halogenated alkanes) is 6. The minimum absolute atomic E-state index is 0.303. The Morgan fingerprint density at radius 3 is 2.15 bits per heavy atom. The summed E-state index contributed by atoms with van der Waals surface area (Å²) in [4.78, 5) is 10.8. The maximum Gasteiger partial charge on any atom is 0.340 e. The van der Waals surface area contributed by atoms with Gasteiger partial charge in [0.1, 0.15) is 0 Å². The number of benzene rings is 1. The Bertz CT molecular complexity index is 535. The van der Waals surface area contributed by atoms with Crippen molar-refractivity contribution >= 4 is 40.8 Å². The third kappa shape index (κ3) is 10.6. The lowest BCUT2D eigenvalue weighted by molar-refractivity contribution is -0.138. The van der Waals surface area contributed by atoms with E-state index in [1.54, 1.807) is 0 Å². The number of hydrogen-bond acceptors (Lipinski definition) is 2. The minimum atomic E-state index is -1.64. The molecule has 27 heavy (non-hydrogen) atoms. The van der Waals surface area contributed by atoms with Gasteiger partial charge < -0.3 is 10.4 Å². The van der Waals surface area contributed by atoms with Gasteiger partial charge in [-0.3, -0.25) is 0 Å². The Morgan fingerprint density at radius 1 is 1.04 bits per heavy atom. The second-order valence-corrected chi connectivity index (χ2v) is 9.00. The van der Waals surface area contributed by atoms with Crippen LogP contribution in [0.4, 0.5) is 0 Å². The van der Waals surface area contributed by atoms with Gasteiger partial charge in [-0.25, -0.2) is 4.79 Å². The molecule has 0 amide bonds. The number of rotatable bonds is 15. The standard InChI is InChI=1S/C21H32Cl3NO2/c1-2-16-25-19(17-11-13-18(22)14-12-17)10-8-6-4-3-5-7-9-15-21(23,24)20(26)27/h11-14,19,25H,2-10,15-16H2,1H3,(H,26,27). The summed E-state index contributed by atoms with van der Waals surface area (Å²) in [5, 5.41) is 13.3. The van der Waals surface area contributed by atoms with Gasteiger partial charge in [0.2, 0.25) is 4.33 Å². The van der Waals surface area contributed by atoms with Crippen LogP contribution in [-0.4, -0.2) is 22.0 Å². The molecule has 1 aromatic carbocycles. The molecule has 3 nitrogen and oxygen atoms in total. The monoisotopic (exact) mass is 435 g/mol.